The summed E-state index contributed by atoms with van der Waals surface area (Å²) in [5.41, 5.74) is 1.11. The van der Waals surface area contributed by atoms with Gasteiger partial charge in [0.1, 0.15) is 11.5 Å². The molecule has 1 aliphatic rings. The van der Waals surface area contributed by atoms with Crippen molar-refractivity contribution >= 4 is 17.4 Å². The van der Waals surface area contributed by atoms with Crippen molar-refractivity contribution < 1.29 is 28.9 Å². The number of nitrogens with zero attached hydrogens (tertiary/aromatic N) is 2. The van der Waals surface area contributed by atoms with Crippen molar-refractivity contribution in [1.29, 1.82) is 0 Å². The molecular formula is C25H30N2O6. The number of rotatable bonds is 9. The Morgan fingerprint density at radius 2 is 1.64 bits per heavy atom. The number of hydrogen-bond acceptors (Lipinski definition) is 7. The van der Waals surface area contributed by atoms with Crippen LogP contribution in [0.25, 0.3) is 5.76 Å². The summed E-state index contributed by atoms with van der Waals surface area (Å²) in [4.78, 5) is 29.7. The highest BCUT2D eigenvalue weighted by atomic mass is 16.5. The van der Waals surface area contributed by atoms with E-state index >= 15 is 0 Å². The smallest absolute Gasteiger partial charge is 0.295 e. The highest BCUT2D eigenvalue weighted by Gasteiger charge is 2.45. The molecule has 2 aromatic rings. The second-order valence-electron chi connectivity index (χ2n) is 7.99. The molecule has 1 aliphatic heterocycles. The number of ketones is 1. The zero-order chi connectivity index (χ0) is 24.1. The number of methoxy groups -OCH3 is 3. The molecule has 3 rings (SSSR count). The average Bonchev–Trinajstić information content (AvgIpc) is 3.08. The molecule has 2 aromatic carbocycles. The van der Waals surface area contributed by atoms with Crippen LogP contribution in [-0.4, -0.2) is 75.1 Å². The first-order chi connectivity index (χ1) is 15.8. The Labute approximate surface area is 194 Å². The van der Waals surface area contributed by atoms with Gasteiger partial charge in [-0.2, -0.15) is 0 Å². The number of aliphatic hydroxyl groups is 1. The molecule has 1 amide bonds. The van der Waals surface area contributed by atoms with E-state index in [0.29, 0.717) is 41.3 Å². The van der Waals surface area contributed by atoms with E-state index in [0.717, 1.165) is 6.54 Å². The fourth-order valence-electron chi connectivity index (χ4n) is 3.94. The van der Waals surface area contributed by atoms with Crippen LogP contribution in [0.1, 0.15) is 23.6 Å². The van der Waals surface area contributed by atoms with Crippen LogP contribution in [0.2, 0.25) is 0 Å². The summed E-state index contributed by atoms with van der Waals surface area (Å²) in [5, 5.41) is 11.2. The fourth-order valence-corrected chi connectivity index (χ4v) is 3.94. The van der Waals surface area contributed by atoms with E-state index in [1.807, 2.05) is 19.0 Å². The lowest BCUT2D eigenvalue weighted by atomic mass is 9.95. The van der Waals surface area contributed by atoms with Crippen LogP contribution in [-0.2, 0) is 9.59 Å². The van der Waals surface area contributed by atoms with E-state index in [1.165, 1.54) is 19.1 Å². The standard InChI is InChI=1S/C25H30N2O6/c1-26(2)13-6-14-27-22(16-7-10-18(31-3)11-8-16)21(24(29)25(27)30)23(28)17-9-12-19(32-4)20(15-17)33-5/h7-12,15,22,28H,6,13-14H2,1-5H3/b23-21+/t22-/m1/s1. The van der Waals surface area contributed by atoms with E-state index < -0.39 is 17.7 Å². The monoisotopic (exact) mass is 454 g/mol. The van der Waals surface area contributed by atoms with Crippen molar-refractivity contribution in [2.24, 2.45) is 0 Å². The van der Waals surface area contributed by atoms with Crippen LogP contribution >= 0.6 is 0 Å². The number of amides is 1. The summed E-state index contributed by atoms with van der Waals surface area (Å²) >= 11 is 0. The van der Waals surface area contributed by atoms with Gasteiger partial charge in [0.25, 0.3) is 11.7 Å². The van der Waals surface area contributed by atoms with Gasteiger partial charge in [-0.25, -0.2) is 0 Å². The van der Waals surface area contributed by atoms with E-state index in [4.69, 9.17) is 14.2 Å². The average molecular weight is 455 g/mol. The van der Waals surface area contributed by atoms with E-state index in [2.05, 4.69) is 0 Å². The molecule has 0 spiro atoms. The molecule has 0 aliphatic carbocycles. The summed E-state index contributed by atoms with van der Waals surface area (Å²) in [7, 11) is 8.47. The maximum atomic E-state index is 13.1. The molecule has 1 fully saturated rings. The van der Waals surface area contributed by atoms with Gasteiger partial charge in [0.05, 0.1) is 32.9 Å². The topological polar surface area (TPSA) is 88.5 Å². The predicted molar refractivity (Wildman–Crippen MR) is 125 cm³/mol. The molecule has 8 heteroatoms. The molecule has 0 aromatic heterocycles. The van der Waals surface area contributed by atoms with Crippen LogP contribution < -0.4 is 14.2 Å². The summed E-state index contributed by atoms with van der Waals surface area (Å²) in [5.74, 6) is -0.0503. The molecule has 0 bridgehead atoms. The third-order valence-electron chi connectivity index (χ3n) is 5.63. The first-order valence-corrected chi connectivity index (χ1v) is 10.6. The molecular weight excluding hydrogens is 424 g/mol. The Morgan fingerprint density at radius 3 is 2.21 bits per heavy atom. The molecule has 1 heterocycles. The van der Waals surface area contributed by atoms with Crippen molar-refractivity contribution in [2.75, 3.05) is 48.5 Å². The van der Waals surface area contributed by atoms with Crippen molar-refractivity contribution in [3.05, 3.63) is 59.2 Å². The number of Topliss-reactive ketones (excluding diaryl/α,β-unsaturated/α-hetero) is 1. The molecule has 0 saturated carbocycles. The van der Waals surface area contributed by atoms with Crippen molar-refractivity contribution in [3.8, 4) is 17.2 Å². The molecule has 33 heavy (non-hydrogen) atoms. The minimum atomic E-state index is -0.717. The van der Waals surface area contributed by atoms with Crippen molar-refractivity contribution in [2.45, 2.75) is 12.5 Å². The Bertz CT molecular complexity index is 1050. The minimum absolute atomic E-state index is 0.0437. The minimum Gasteiger partial charge on any atom is -0.507 e. The summed E-state index contributed by atoms with van der Waals surface area (Å²) in [6, 6.07) is 11.3. The van der Waals surface area contributed by atoms with Gasteiger partial charge in [0.2, 0.25) is 0 Å². The van der Waals surface area contributed by atoms with Crippen LogP contribution in [0.5, 0.6) is 17.2 Å². The van der Waals surface area contributed by atoms with Gasteiger partial charge in [-0.1, -0.05) is 12.1 Å². The molecule has 176 valence electrons. The summed E-state index contributed by atoms with van der Waals surface area (Å²) in [6.07, 6.45) is 0.684. The highest BCUT2D eigenvalue weighted by molar-refractivity contribution is 6.46. The Balaban J connectivity index is 2.11. The van der Waals surface area contributed by atoms with Gasteiger partial charge in [-0.3, -0.25) is 9.59 Å². The molecule has 0 unspecified atom stereocenters. The fraction of sp³-hybridized carbons (Fsp3) is 0.360. The summed E-state index contributed by atoms with van der Waals surface area (Å²) < 4.78 is 15.8. The lowest BCUT2D eigenvalue weighted by Gasteiger charge is -2.26. The number of carbonyl (C=O) groups excluding carboxylic acids is 2. The predicted octanol–water partition coefficient (Wildman–Crippen LogP) is 3.09. The van der Waals surface area contributed by atoms with Crippen molar-refractivity contribution in [1.82, 2.24) is 9.80 Å². The third kappa shape index (κ3) is 4.96. The lowest BCUT2D eigenvalue weighted by Crippen LogP contribution is -2.32. The van der Waals surface area contributed by atoms with Gasteiger partial charge in [-0.15, -0.1) is 0 Å². The molecule has 1 N–H and O–H groups in total. The van der Waals surface area contributed by atoms with E-state index in [9.17, 15) is 14.7 Å². The molecule has 1 atom stereocenters. The zero-order valence-corrected chi connectivity index (χ0v) is 19.6. The van der Waals surface area contributed by atoms with Gasteiger partial charge in [0, 0.05) is 12.1 Å². The largest absolute Gasteiger partial charge is 0.507 e. The maximum absolute atomic E-state index is 13.1. The number of benzene rings is 2. The number of carbonyl (C=O) groups is 2. The number of ether oxygens (including phenoxy) is 3. The van der Waals surface area contributed by atoms with Gasteiger partial charge < -0.3 is 29.1 Å². The van der Waals surface area contributed by atoms with E-state index in [1.54, 1.807) is 49.6 Å². The van der Waals surface area contributed by atoms with Crippen molar-refractivity contribution in [3.63, 3.8) is 0 Å². The third-order valence-corrected chi connectivity index (χ3v) is 5.63. The second-order valence-corrected chi connectivity index (χ2v) is 7.99. The van der Waals surface area contributed by atoms with Crippen LogP contribution in [0.4, 0.5) is 0 Å². The Hall–Kier alpha value is -3.52. The molecule has 0 radical (unpaired) electrons. The van der Waals surface area contributed by atoms with E-state index in [-0.39, 0.29) is 11.3 Å². The SMILES string of the molecule is COc1ccc([C@@H]2/C(=C(\O)c3ccc(OC)c(OC)c3)C(=O)C(=O)N2CCCN(C)C)cc1. The molecule has 8 nitrogen and oxygen atoms in total. The maximum Gasteiger partial charge on any atom is 0.295 e. The number of likely N-dealkylation sites (tertiary alicyclic amines) is 1. The Morgan fingerprint density at radius 1 is 0.970 bits per heavy atom. The van der Waals surface area contributed by atoms with Crippen LogP contribution in [0, 0.1) is 0 Å². The van der Waals surface area contributed by atoms with Crippen LogP contribution in [0.15, 0.2) is 48.0 Å². The van der Waals surface area contributed by atoms with Gasteiger partial charge >= 0.3 is 0 Å². The first-order valence-electron chi connectivity index (χ1n) is 10.6. The van der Waals surface area contributed by atoms with Gasteiger partial charge in [0.15, 0.2) is 11.5 Å². The molecule has 1 saturated heterocycles. The number of aliphatic hydroxyl groups excluding tert-OH is 1. The summed E-state index contributed by atoms with van der Waals surface area (Å²) in [6.45, 7) is 1.14. The first kappa shape index (κ1) is 24.1. The second kappa shape index (κ2) is 10.4. The van der Waals surface area contributed by atoms with Crippen LogP contribution in [0.3, 0.4) is 0 Å². The zero-order valence-electron chi connectivity index (χ0n) is 19.6. The Kier molecular flexibility index (Phi) is 7.60. The quantitative estimate of drug-likeness (QED) is 0.354. The highest BCUT2D eigenvalue weighted by Crippen LogP contribution is 2.41. The van der Waals surface area contributed by atoms with Gasteiger partial charge in [-0.05, 0) is 63.0 Å². The number of hydrogen-bond donors (Lipinski definition) is 1. The normalized spacial score (nSPS) is 17.5. The lowest BCUT2D eigenvalue weighted by molar-refractivity contribution is -0.139.